The van der Waals surface area contributed by atoms with E-state index in [1.807, 2.05) is 0 Å². The van der Waals surface area contributed by atoms with Crippen LogP contribution < -0.4 is 11.1 Å². The van der Waals surface area contributed by atoms with Gasteiger partial charge in [0.2, 0.25) is 0 Å². The Morgan fingerprint density at radius 3 is 2.65 bits per heavy atom. The molecule has 0 heterocycles. The first-order valence-electron chi connectivity index (χ1n) is 5.15. The van der Waals surface area contributed by atoms with E-state index >= 15 is 0 Å². The van der Waals surface area contributed by atoms with E-state index in [9.17, 15) is 13.6 Å². The number of aliphatic hydroxyl groups excluding tert-OH is 1. The molecule has 1 amide bonds. The fraction of sp³-hybridized carbons (Fsp3) is 0.364. The second kappa shape index (κ2) is 5.58. The minimum atomic E-state index is -0.984. The minimum absolute atomic E-state index is 0.249. The number of nitrogen functional groups attached to an aromatic ring is 1. The van der Waals surface area contributed by atoms with Crippen LogP contribution >= 0.6 is 0 Å². The van der Waals surface area contributed by atoms with Crippen LogP contribution in [-0.4, -0.2) is 23.7 Å². The molecule has 0 saturated heterocycles. The number of benzene rings is 1. The van der Waals surface area contributed by atoms with Gasteiger partial charge in [-0.15, -0.1) is 0 Å². The quantitative estimate of drug-likeness (QED) is 0.693. The lowest BCUT2D eigenvalue weighted by Gasteiger charge is -2.14. The normalized spacial score (nSPS) is 12.2. The summed E-state index contributed by atoms with van der Waals surface area (Å²) in [6, 6.07) is 1.03. The Hall–Kier alpha value is -1.69. The molecule has 4 nitrogen and oxygen atoms in total. The Balaban J connectivity index is 2.93. The molecule has 17 heavy (non-hydrogen) atoms. The number of hydrogen-bond acceptors (Lipinski definition) is 3. The summed E-state index contributed by atoms with van der Waals surface area (Å²) in [5.41, 5.74) is 4.62. The Morgan fingerprint density at radius 1 is 1.47 bits per heavy atom. The van der Waals surface area contributed by atoms with E-state index in [1.165, 1.54) is 0 Å². The molecule has 1 rings (SSSR count). The number of carbonyl (C=O) groups is 1. The van der Waals surface area contributed by atoms with Gasteiger partial charge in [0.1, 0.15) is 11.6 Å². The average molecular weight is 244 g/mol. The van der Waals surface area contributed by atoms with Gasteiger partial charge in [-0.2, -0.15) is 0 Å². The van der Waals surface area contributed by atoms with Crippen LogP contribution in [0.15, 0.2) is 12.1 Å². The standard InChI is InChI=1S/C11H14F2N2O2/c1-2-6(5-16)15-11(17)7-3-10(14)9(13)4-8(7)12/h3-4,6,16H,2,5,14H2,1H3,(H,15,17)/t6-/m1/s1. The van der Waals surface area contributed by atoms with Crippen LogP contribution in [-0.2, 0) is 0 Å². The third-order valence-electron chi connectivity index (χ3n) is 2.38. The number of aliphatic hydroxyl groups is 1. The molecule has 0 aliphatic carbocycles. The van der Waals surface area contributed by atoms with E-state index in [-0.39, 0.29) is 17.9 Å². The van der Waals surface area contributed by atoms with Gasteiger partial charge in [-0.05, 0) is 12.5 Å². The lowest BCUT2D eigenvalue weighted by Crippen LogP contribution is -2.37. The first-order valence-corrected chi connectivity index (χ1v) is 5.15. The zero-order valence-electron chi connectivity index (χ0n) is 9.34. The topological polar surface area (TPSA) is 75.3 Å². The highest BCUT2D eigenvalue weighted by Crippen LogP contribution is 2.16. The second-order valence-electron chi connectivity index (χ2n) is 3.61. The van der Waals surface area contributed by atoms with Gasteiger partial charge in [0.05, 0.1) is 23.9 Å². The number of carbonyl (C=O) groups excluding carboxylic acids is 1. The number of hydrogen-bond donors (Lipinski definition) is 3. The molecule has 0 aliphatic rings. The molecule has 0 spiro atoms. The van der Waals surface area contributed by atoms with Gasteiger partial charge >= 0.3 is 0 Å². The third-order valence-corrected chi connectivity index (χ3v) is 2.38. The Kier molecular flexibility index (Phi) is 4.39. The van der Waals surface area contributed by atoms with Crippen LogP contribution in [0.2, 0.25) is 0 Å². The Morgan fingerprint density at radius 2 is 2.12 bits per heavy atom. The predicted octanol–water partition coefficient (Wildman–Crippen LogP) is 1.05. The molecule has 0 saturated carbocycles. The van der Waals surface area contributed by atoms with Crippen molar-refractivity contribution in [2.24, 2.45) is 0 Å². The Bertz CT molecular complexity index is 420. The summed E-state index contributed by atoms with van der Waals surface area (Å²) in [5, 5.41) is 11.3. The van der Waals surface area contributed by atoms with E-state index in [1.54, 1.807) is 6.92 Å². The summed E-state index contributed by atoms with van der Waals surface area (Å²) < 4.78 is 26.2. The summed E-state index contributed by atoms with van der Waals surface area (Å²) in [5.74, 6) is -2.62. The number of rotatable bonds is 4. The SMILES string of the molecule is CC[C@H](CO)NC(=O)c1cc(N)c(F)cc1F. The molecular weight excluding hydrogens is 230 g/mol. The maximum atomic E-state index is 13.3. The van der Waals surface area contributed by atoms with Crippen molar-refractivity contribution >= 4 is 11.6 Å². The molecule has 0 unspecified atom stereocenters. The van der Waals surface area contributed by atoms with Crippen LogP contribution in [0.5, 0.6) is 0 Å². The van der Waals surface area contributed by atoms with Crippen molar-refractivity contribution in [1.82, 2.24) is 5.32 Å². The summed E-state index contributed by atoms with van der Waals surface area (Å²) in [4.78, 5) is 11.6. The molecule has 4 N–H and O–H groups in total. The molecule has 6 heteroatoms. The molecule has 0 bridgehead atoms. The van der Waals surface area contributed by atoms with Crippen molar-refractivity contribution in [2.45, 2.75) is 19.4 Å². The smallest absolute Gasteiger partial charge is 0.254 e. The molecule has 0 aromatic heterocycles. The highest BCUT2D eigenvalue weighted by molar-refractivity contribution is 5.95. The summed E-state index contributed by atoms with van der Waals surface area (Å²) >= 11 is 0. The highest BCUT2D eigenvalue weighted by atomic mass is 19.1. The summed E-state index contributed by atoms with van der Waals surface area (Å²) in [6.45, 7) is 1.51. The fourth-order valence-electron chi connectivity index (χ4n) is 1.28. The molecule has 0 fully saturated rings. The van der Waals surface area contributed by atoms with E-state index < -0.39 is 23.6 Å². The lowest BCUT2D eigenvalue weighted by molar-refractivity contribution is 0.0911. The monoisotopic (exact) mass is 244 g/mol. The molecule has 0 radical (unpaired) electrons. The van der Waals surface area contributed by atoms with Crippen molar-refractivity contribution in [3.8, 4) is 0 Å². The molecular formula is C11H14F2N2O2. The lowest BCUT2D eigenvalue weighted by atomic mass is 10.1. The van der Waals surface area contributed by atoms with Gasteiger partial charge < -0.3 is 16.2 Å². The van der Waals surface area contributed by atoms with Crippen molar-refractivity contribution in [3.05, 3.63) is 29.3 Å². The van der Waals surface area contributed by atoms with Gasteiger partial charge in [0, 0.05) is 6.07 Å². The van der Waals surface area contributed by atoms with Gasteiger partial charge in [0.25, 0.3) is 5.91 Å². The first-order chi connectivity index (χ1) is 7.99. The van der Waals surface area contributed by atoms with Crippen molar-refractivity contribution < 1.29 is 18.7 Å². The largest absolute Gasteiger partial charge is 0.396 e. The van der Waals surface area contributed by atoms with Gasteiger partial charge in [0.15, 0.2) is 0 Å². The highest BCUT2D eigenvalue weighted by Gasteiger charge is 2.17. The molecule has 94 valence electrons. The van der Waals surface area contributed by atoms with Gasteiger partial charge in [-0.3, -0.25) is 4.79 Å². The van der Waals surface area contributed by atoms with Gasteiger partial charge in [-0.25, -0.2) is 8.78 Å². The van der Waals surface area contributed by atoms with Crippen molar-refractivity contribution in [1.29, 1.82) is 0 Å². The summed E-state index contributed by atoms with van der Waals surface area (Å²) in [6.07, 6.45) is 0.501. The van der Waals surface area contributed by atoms with Crippen molar-refractivity contribution in [3.63, 3.8) is 0 Å². The molecule has 1 aromatic rings. The molecule has 0 aliphatic heterocycles. The molecule has 1 atom stereocenters. The predicted molar refractivity (Wildman–Crippen MR) is 59.4 cm³/mol. The zero-order chi connectivity index (χ0) is 13.0. The van der Waals surface area contributed by atoms with Crippen LogP contribution in [0.25, 0.3) is 0 Å². The van der Waals surface area contributed by atoms with Crippen LogP contribution in [0.3, 0.4) is 0 Å². The number of halogens is 2. The van der Waals surface area contributed by atoms with Gasteiger partial charge in [-0.1, -0.05) is 6.92 Å². The minimum Gasteiger partial charge on any atom is -0.396 e. The number of nitrogens with one attached hydrogen (secondary N) is 1. The fourth-order valence-corrected chi connectivity index (χ4v) is 1.28. The number of anilines is 1. The maximum absolute atomic E-state index is 13.3. The van der Waals surface area contributed by atoms with Crippen LogP contribution in [0.4, 0.5) is 14.5 Å². The number of amides is 1. The average Bonchev–Trinajstić information content (AvgIpc) is 2.30. The second-order valence-corrected chi connectivity index (χ2v) is 3.61. The molecule has 1 aromatic carbocycles. The maximum Gasteiger partial charge on any atom is 0.254 e. The van der Waals surface area contributed by atoms with Crippen molar-refractivity contribution in [2.75, 3.05) is 12.3 Å². The Labute approximate surface area is 97.4 Å². The van der Waals surface area contributed by atoms with E-state index in [4.69, 9.17) is 10.8 Å². The number of nitrogens with two attached hydrogens (primary N) is 1. The summed E-state index contributed by atoms with van der Waals surface area (Å²) in [7, 11) is 0. The van der Waals surface area contributed by atoms with E-state index in [0.717, 1.165) is 6.07 Å². The van der Waals surface area contributed by atoms with E-state index in [2.05, 4.69) is 5.32 Å². The van der Waals surface area contributed by atoms with E-state index in [0.29, 0.717) is 12.5 Å². The zero-order valence-corrected chi connectivity index (χ0v) is 9.34. The van der Waals surface area contributed by atoms with Crippen LogP contribution in [0, 0.1) is 11.6 Å². The third kappa shape index (κ3) is 3.13. The first kappa shape index (κ1) is 13.4. The van der Waals surface area contributed by atoms with Crippen LogP contribution in [0.1, 0.15) is 23.7 Å².